The Morgan fingerprint density at radius 3 is 2.47 bits per heavy atom. The van der Waals surface area contributed by atoms with Crippen molar-refractivity contribution in [1.82, 2.24) is 0 Å². The van der Waals surface area contributed by atoms with E-state index in [-0.39, 0.29) is 18.3 Å². The zero-order chi connectivity index (χ0) is 12.5. The molecule has 0 aromatic rings. The van der Waals surface area contributed by atoms with Gasteiger partial charge in [-0.25, -0.2) is 0 Å². The maximum Gasteiger partial charge on any atom is 0.164 e. The van der Waals surface area contributed by atoms with Crippen molar-refractivity contribution < 1.29 is 14.6 Å². The molecule has 17 heavy (non-hydrogen) atoms. The molecule has 3 heteroatoms. The lowest BCUT2D eigenvalue weighted by atomic mass is 9.43. The Hall–Kier alpha value is -0.120. The molecule has 0 radical (unpaired) electrons. The van der Waals surface area contributed by atoms with Crippen LogP contribution in [0, 0.1) is 17.3 Å². The van der Waals surface area contributed by atoms with E-state index in [9.17, 15) is 5.11 Å². The average Bonchev–Trinajstić information content (AvgIpc) is 2.47. The summed E-state index contributed by atoms with van der Waals surface area (Å²) in [6.07, 6.45) is 3.22. The zero-order valence-electron chi connectivity index (χ0n) is 11.3. The van der Waals surface area contributed by atoms with Gasteiger partial charge in [0.2, 0.25) is 0 Å². The molecule has 98 valence electrons. The van der Waals surface area contributed by atoms with Gasteiger partial charge in [-0.1, -0.05) is 13.8 Å². The van der Waals surface area contributed by atoms with Gasteiger partial charge in [0.1, 0.15) is 5.60 Å². The molecule has 1 aliphatic heterocycles. The molecule has 0 spiro atoms. The van der Waals surface area contributed by atoms with Gasteiger partial charge in [0.25, 0.3) is 0 Å². The Balaban J connectivity index is 1.96. The van der Waals surface area contributed by atoms with Crippen LogP contribution in [0.15, 0.2) is 0 Å². The Kier molecular flexibility index (Phi) is 2.28. The molecular weight excluding hydrogens is 216 g/mol. The van der Waals surface area contributed by atoms with Gasteiger partial charge in [-0.05, 0) is 43.9 Å². The van der Waals surface area contributed by atoms with E-state index in [1.807, 2.05) is 13.8 Å². The molecule has 0 amide bonds. The van der Waals surface area contributed by atoms with Gasteiger partial charge in [0.15, 0.2) is 5.79 Å². The van der Waals surface area contributed by atoms with Crippen molar-refractivity contribution in [2.75, 3.05) is 6.61 Å². The normalized spacial score (nSPS) is 49.6. The molecule has 1 saturated heterocycles. The molecule has 3 aliphatic carbocycles. The number of rotatable bonds is 2. The number of hydrogen-bond donors (Lipinski definition) is 1. The number of ether oxygens (including phenoxy) is 2. The minimum atomic E-state index is -0.493. The molecular formula is C14H24O3. The minimum Gasteiger partial charge on any atom is -0.396 e. The molecule has 2 bridgehead atoms. The molecule has 0 aromatic carbocycles. The Morgan fingerprint density at radius 2 is 1.88 bits per heavy atom. The van der Waals surface area contributed by atoms with Gasteiger partial charge in [0.05, 0.1) is 6.10 Å². The first kappa shape index (κ1) is 11.9. The second-order valence-electron chi connectivity index (χ2n) is 7.08. The van der Waals surface area contributed by atoms with E-state index in [0.717, 1.165) is 12.3 Å². The fourth-order valence-corrected chi connectivity index (χ4v) is 4.60. The molecule has 3 nitrogen and oxygen atoms in total. The van der Waals surface area contributed by atoms with Crippen LogP contribution in [0.5, 0.6) is 0 Å². The van der Waals surface area contributed by atoms with Gasteiger partial charge in [-0.3, -0.25) is 0 Å². The molecule has 1 N–H and O–H groups in total. The third-order valence-corrected chi connectivity index (χ3v) is 5.47. The van der Waals surface area contributed by atoms with Crippen LogP contribution in [0.25, 0.3) is 0 Å². The lowest BCUT2D eigenvalue weighted by molar-refractivity contribution is -0.234. The first-order valence-electron chi connectivity index (χ1n) is 6.81. The maximum atomic E-state index is 9.40. The summed E-state index contributed by atoms with van der Waals surface area (Å²) >= 11 is 0. The fourth-order valence-electron chi connectivity index (χ4n) is 4.60. The maximum absolute atomic E-state index is 9.40. The number of aliphatic hydroxyl groups is 1. The second-order valence-corrected chi connectivity index (χ2v) is 7.08. The smallest absolute Gasteiger partial charge is 0.164 e. The lowest BCUT2D eigenvalue weighted by Gasteiger charge is -2.64. The van der Waals surface area contributed by atoms with Crippen LogP contribution in [0.2, 0.25) is 0 Å². The monoisotopic (exact) mass is 240 g/mol. The molecule has 3 saturated carbocycles. The van der Waals surface area contributed by atoms with Crippen LogP contribution in [-0.2, 0) is 9.47 Å². The molecule has 4 rings (SSSR count). The highest BCUT2D eigenvalue weighted by atomic mass is 16.8. The third-order valence-electron chi connectivity index (χ3n) is 5.47. The first-order valence-corrected chi connectivity index (χ1v) is 6.81. The first-order chi connectivity index (χ1) is 7.82. The largest absolute Gasteiger partial charge is 0.396 e. The molecule has 4 fully saturated rings. The predicted octanol–water partition coefficient (Wildman–Crippen LogP) is 2.33. The highest BCUT2D eigenvalue weighted by Gasteiger charge is 2.70. The third kappa shape index (κ3) is 1.39. The highest BCUT2D eigenvalue weighted by Crippen LogP contribution is 2.67. The van der Waals surface area contributed by atoms with Gasteiger partial charge < -0.3 is 14.6 Å². The number of hydrogen-bond acceptors (Lipinski definition) is 3. The van der Waals surface area contributed by atoms with Crippen molar-refractivity contribution in [2.24, 2.45) is 17.3 Å². The van der Waals surface area contributed by atoms with Crippen LogP contribution in [0.3, 0.4) is 0 Å². The van der Waals surface area contributed by atoms with Crippen molar-refractivity contribution in [3.63, 3.8) is 0 Å². The van der Waals surface area contributed by atoms with E-state index < -0.39 is 5.79 Å². The van der Waals surface area contributed by atoms with Crippen molar-refractivity contribution >= 4 is 0 Å². The topological polar surface area (TPSA) is 38.7 Å². The summed E-state index contributed by atoms with van der Waals surface area (Å²) < 4.78 is 12.4. The van der Waals surface area contributed by atoms with Crippen LogP contribution in [0.1, 0.15) is 47.0 Å². The van der Waals surface area contributed by atoms with Gasteiger partial charge in [-0.15, -0.1) is 0 Å². The fraction of sp³-hybridized carbons (Fsp3) is 1.00. The SMILES string of the molecule is CC1(C)O[C@H]2C[C@@H]3C[C@@H](C3(C)C)[C@@]2(CCO)O1. The summed E-state index contributed by atoms with van der Waals surface area (Å²) in [6.45, 7) is 8.86. The predicted molar refractivity (Wildman–Crippen MR) is 64.5 cm³/mol. The highest BCUT2D eigenvalue weighted by molar-refractivity contribution is 5.17. The molecule has 4 atom stereocenters. The standard InChI is InChI=1S/C14H24O3/c1-12(2)9-7-10(12)14(5-6-15)11(8-9)16-13(3,4)17-14/h9-11,15H,5-8H2,1-4H3/t9-,10-,11-,14+/m0/s1. The minimum absolute atomic E-state index is 0.182. The average molecular weight is 240 g/mol. The Morgan fingerprint density at radius 1 is 1.18 bits per heavy atom. The summed E-state index contributed by atoms with van der Waals surface area (Å²) in [5.74, 6) is 0.808. The molecule has 0 unspecified atom stereocenters. The summed E-state index contributed by atoms with van der Waals surface area (Å²) in [4.78, 5) is 0. The van der Waals surface area contributed by atoms with Crippen molar-refractivity contribution in [1.29, 1.82) is 0 Å². The summed E-state index contributed by atoms with van der Waals surface area (Å²) in [5.41, 5.74) is 0.103. The van der Waals surface area contributed by atoms with Gasteiger partial charge in [-0.2, -0.15) is 0 Å². The summed E-state index contributed by atoms with van der Waals surface area (Å²) in [6, 6.07) is 0. The van der Waals surface area contributed by atoms with Crippen LogP contribution in [0.4, 0.5) is 0 Å². The lowest BCUT2D eigenvalue weighted by Crippen LogP contribution is -2.67. The van der Waals surface area contributed by atoms with Crippen molar-refractivity contribution in [3.8, 4) is 0 Å². The summed E-state index contributed by atoms with van der Waals surface area (Å²) in [7, 11) is 0. The summed E-state index contributed by atoms with van der Waals surface area (Å²) in [5, 5.41) is 9.40. The van der Waals surface area contributed by atoms with Crippen molar-refractivity contribution in [3.05, 3.63) is 0 Å². The van der Waals surface area contributed by atoms with E-state index in [1.54, 1.807) is 0 Å². The van der Waals surface area contributed by atoms with Gasteiger partial charge >= 0.3 is 0 Å². The van der Waals surface area contributed by atoms with E-state index in [4.69, 9.17) is 9.47 Å². The van der Waals surface area contributed by atoms with Gasteiger partial charge in [0, 0.05) is 13.0 Å². The van der Waals surface area contributed by atoms with E-state index >= 15 is 0 Å². The number of aliphatic hydroxyl groups excluding tert-OH is 1. The van der Waals surface area contributed by atoms with Crippen molar-refractivity contribution in [2.45, 2.75) is 64.4 Å². The van der Waals surface area contributed by atoms with Crippen LogP contribution < -0.4 is 0 Å². The Bertz CT molecular complexity index is 336. The zero-order valence-corrected chi connectivity index (χ0v) is 11.3. The quantitative estimate of drug-likeness (QED) is 0.805. The Labute approximate surface area is 103 Å². The van der Waals surface area contributed by atoms with E-state index in [2.05, 4.69) is 13.8 Å². The van der Waals surface area contributed by atoms with E-state index in [1.165, 1.54) is 6.42 Å². The molecule has 0 aromatic heterocycles. The van der Waals surface area contributed by atoms with E-state index in [0.29, 0.717) is 17.8 Å². The second kappa shape index (κ2) is 3.25. The molecule has 4 aliphatic rings. The van der Waals surface area contributed by atoms with Crippen LogP contribution >= 0.6 is 0 Å². The van der Waals surface area contributed by atoms with Crippen LogP contribution in [-0.4, -0.2) is 29.2 Å². The molecule has 1 heterocycles.